The summed E-state index contributed by atoms with van der Waals surface area (Å²) in [6.45, 7) is 5.24. The zero-order valence-electron chi connectivity index (χ0n) is 11.9. The maximum Gasteiger partial charge on any atom is 0.177 e. The summed E-state index contributed by atoms with van der Waals surface area (Å²) in [5.41, 5.74) is 4.25. The van der Waals surface area contributed by atoms with E-state index in [2.05, 4.69) is 32.3 Å². The van der Waals surface area contributed by atoms with Crippen molar-refractivity contribution in [2.45, 2.75) is 20.4 Å². The van der Waals surface area contributed by atoms with Crippen molar-refractivity contribution in [3.63, 3.8) is 0 Å². The van der Waals surface area contributed by atoms with Gasteiger partial charge in [0, 0.05) is 12.1 Å². The number of hydrogen-bond donors (Lipinski definition) is 0. The molecule has 0 aliphatic rings. The van der Waals surface area contributed by atoms with E-state index in [0.717, 1.165) is 27.0 Å². The standard InChI is InChI=1S/C16H18BrNOS/c1-11-4-5-12(2)14(6-11)15(19)9-18(3)8-13-7-16(17)20-10-13/h4-7,10H,8-9H2,1-3H3. The number of rotatable bonds is 5. The number of halogens is 1. The fourth-order valence-electron chi connectivity index (χ4n) is 2.16. The molecule has 0 spiro atoms. The highest BCUT2D eigenvalue weighted by molar-refractivity contribution is 9.11. The van der Waals surface area contributed by atoms with Crippen LogP contribution in [-0.4, -0.2) is 24.3 Å². The molecular formula is C16H18BrNOS. The van der Waals surface area contributed by atoms with Gasteiger partial charge in [-0.15, -0.1) is 11.3 Å². The third-order valence-electron chi connectivity index (χ3n) is 3.18. The second-order valence-electron chi connectivity index (χ2n) is 5.17. The van der Waals surface area contributed by atoms with Crippen LogP contribution in [0.1, 0.15) is 27.0 Å². The number of nitrogens with zero attached hydrogens (tertiary/aromatic N) is 1. The summed E-state index contributed by atoms with van der Waals surface area (Å²) in [7, 11) is 1.98. The minimum absolute atomic E-state index is 0.183. The molecule has 0 fully saturated rings. The monoisotopic (exact) mass is 351 g/mol. The molecule has 1 aromatic heterocycles. The molecule has 0 radical (unpaired) electrons. The van der Waals surface area contributed by atoms with Gasteiger partial charge in [0.1, 0.15) is 0 Å². The maximum atomic E-state index is 12.4. The van der Waals surface area contributed by atoms with Gasteiger partial charge in [0.15, 0.2) is 5.78 Å². The molecule has 4 heteroatoms. The second-order valence-corrected chi connectivity index (χ2v) is 7.46. The summed E-state index contributed by atoms with van der Waals surface area (Å²) in [6, 6.07) is 8.13. The summed E-state index contributed by atoms with van der Waals surface area (Å²) < 4.78 is 1.13. The highest BCUT2D eigenvalue weighted by Crippen LogP contribution is 2.21. The number of thiophene rings is 1. The van der Waals surface area contributed by atoms with Gasteiger partial charge in [-0.05, 0) is 65.5 Å². The molecule has 2 rings (SSSR count). The zero-order valence-corrected chi connectivity index (χ0v) is 14.3. The van der Waals surface area contributed by atoms with Crippen LogP contribution in [0.25, 0.3) is 0 Å². The predicted molar refractivity (Wildman–Crippen MR) is 88.6 cm³/mol. The van der Waals surface area contributed by atoms with Crippen molar-refractivity contribution in [1.29, 1.82) is 0 Å². The van der Waals surface area contributed by atoms with Gasteiger partial charge >= 0.3 is 0 Å². The molecule has 0 unspecified atom stereocenters. The predicted octanol–water partition coefficient (Wildman–Crippen LogP) is 4.44. The molecular weight excluding hydrogens is 334 g/mol. The fraction of sp³-hybridized carbons (Fsp3) is 0.312. The molecule has 0 atom stereocenters. The van der Waals surface area contributed by atoms with E-state index in [-0.39, 0.29) is 5.78 Å². The van der Waals surface area contributed by atoms with Crippen LogP contribution in [0.3, 0.4) is 0 Å². The van der Waals surface area contributed by atoms with Crippen molar-refractivity contribution in [2.24, 2.45) is 0 Å². The molecule has 0 bridgehead atoms. The number of benzene rings is 1. The van der Waals surface area contributed by atoms with E-state index < -0.39 is 0 Å². The molecule has 1 heterocycles. The lowest BCUT2D eigenvalue weighted by atomic mass is 10.0. The molecule has 0 aliphatic heterocycles. The lowest BCUT2D eigenvalue weighted by Crippen LogP contribution is -2.25. The molecule has 0 amide bonds. The lowest BCUT2D eigenvalue weighted by molar-refractivity contribution is 0.0942. The van der Waals surface area contributed by atoms with Crippen LogP contribution in [0.15, 0.2) is 33.4 Å². The molecule has 1 aromatic carbocycles. The number of carbonyl (C=O) groups is 1. The van der Waals surface area contributed by atoms with E-state index in [1.807, 2.05) is 39.1 Å². The van der Waals surface area contributed by atoms with Gasteiger partial charge in [-0.3, -0.25) is 9.69 Å². The molecule has 0 saturated heterocycles. The van der Waals surface area contributed by atoms with E-state index in [0.29, 0.717) is 6.54 Å². The number of aryl methyl sites for hydroxylation is 2. The van der Waals surface area contributed by atoms with Gasteiger partial charge in [0.05, 0.1) is 10.3 Å². The first-order chi connectivity index (χ1) is 9.45. The first-order valence-corrected chi connectivity index (χ1v) is 8.15. The van der Waals surface area contributed by atoms with E-state index >= 15 is 0 Å². The number of likely N-dealkylation sites (N-methyl/N-ethyl adjacent to an activating group) is 1. The number of ketones is 1. The first kappa shape index (κ1) is 15.4. The summed E-state index contributed by atoms with van der Waals surface area (Å²) in [4.78, 5) is 14.4. The van der Waals surface area contributed by atoms with Crippen LogP contribution in [0.2, 0.25) is 0 Å². The van der Waals surface area contributed by atoms with Crippen molar-refractivity contribution >= 4 is 33.0 Å². The minimum atomic E-state index is 0.183. The van der Waals surface area contributed by atoms with Crippen molar-refractivity contribution in [3.8, 4) is 0 Å². The highest BCUT2D eigenvalue weighted by atomic mass is 79.9. The Morgan fingerprint density at radius 2 is 2.05 bits per heavy atom. The summed E-state index contributed by atoms with van der Waals surface area (Å²) in [5.74, 6) is 0.183. The molecule has 2 nitrogen and oxygen atoms in total. The molecule has 0 saturated carbocycles. The number of hydrogen-bond acceptors (Lipinski definition) is 3. The van der Waals surface area contributed by atoms with Crippen LogP contribution >= 0.6 is 27.3 Å². The van der Waals surface area contributed by atoms with Crippen LogP contribution in [0, 0.1) is 13.8 Å². The normalized spacial score (nSPS) is 11.1. The zero-order chi connectivity index (χ0) is 14.7. The number of carbonyl (C=O) groups excluding carboxylic acids is 1. The Hall–Kier alpha value is -0.970. The highest BCUT2D eigenvalue weighted by Gasteiger charge is 2.12. The van der Waals surface area contributed by atoms with Gasteiger partial charge in [0.2, 0.25) is 0 Å². The largest absolute Gasteiger partial charge is 0.295 e. The van der Waals surface area contributed by atoms with Crippen molar-refractivity contribution in [2.75, 3.05) is 13.6 Å². The van der Waals surface area contributed by atoms with Gasteiger partial charge in [-0.2, -0.15) is 0 Å². The Morgan fingerprint density at radius 3 is 2.70 bits per heavy atom. The van der Waals surface area contributed by atoms with E-state index in [1.54, 1.807) is 11.3 Å². The first-order valence-electron chi connectivity index (χ1n) is 6.47. The van der Waals surface area contributed by atoms with Crippen LogP contribution < -0.4 is 0 Å². The van der Waals surface area contributed by atoms with Gasteiger partial charge in [-0.1, -0.05) is 17.7 Å². The third kappa shape index (κ3) is 4.01. The van der Waals surface area contributed by atoms with Gasteiger partial charge < -0.3 is 0 Å². The quantitative estimate of drug-likeness (QED) is 0.742. The third-order valence-corrected chi connectivity index (χ3v) is 4.73. The van der Waals surface area contributed by atoms with Crippen LogP contribution in [-0.2, 0) is 6.54 Å². The van der Waals surface area contributed by atoms with Crippen molar-refractivity contribution in [3.05, 3.63) is 55.7 Å². The molecule has 2 aromatic rings. The van der Waals surface area contributed by atoms with E-state index in [4.69, 9.17) is 0 Å². The van der Waals surface area contributed by atoms with Crippen molar-refractivity contribution in [1.82, 2.24) is 4.90 Å². The average Bonchev–Trinajstić information content (AvgIpc) is 2.77. The Kier molecular flexibility index (Phi) is 5.13. The smallest absolute Gasteiger partial charge is 0.177 e. The van der Waals surface area contributed by atoms with E-state index in [1.165, 1.54) is 5.56 Å². The van der Waals surface area contributed by atoms with Gasteiger partial charge in [-0.25, -0.2) is 0 Å². The topological polar surface area (TPSA) is 20.3 Å². The van der Waals surface area contributed by atoms with Gasteiger partial charge in [0.25, 0.3) is 0 Å². The molecule has 20 heavy (non-hydrogen) atoms. The fourth-order valence-corrected chi connectivity index (χ4v) is 3.36. The SMILES string of the molecule is Cc1ccc(C)c(C(=O)CN(C)Cc2csc(Br)c2)c1. The summed E-state index contributed by atoms with van der Waals surface area (Å²) in [5, 5.41) is 2.11. The summed E-state index contributed by atoms with van der Waals surface area (Å²) >= 11 is 5.13. The Labute approximate surface area is 132 Å². The van der Waals surface area contributed by atoms with Crippen LogP contribution in [0.5, 0.6) is 0 Å². The lowest BCUT2D eigenvalue weighted by Gasteiger charge is -2.16. The van der Waals surface area contributed by atoms with E-state index in [9.17, 15) is 4.79 Å². The Balaban J connectivity index is 2.02. The Morgan fingerprint density at radius 1 is 1.30 bits per heavy atom. The van der Waals surface area contributed by atoms with Crippen LogP contribution in [0.4, 0.5) is 0 Å². The molecule has 0 N–H and O–H groups in total. The second kappa shape index (κ2) is 6.66. The Bertz CT molecular complexity index is 621. The molecule has 106 valence electrons. The minimum Gasteiger partial charge on any atom is -0.295 e. The maximum absolute atomic E-state index is 12.4. The molecule has 0 aliphatic carbocycles. The number of Topliss-reactive ketones (excluding diaryl/α,β-unsaturated/α-hetero) is 1. The van der Waals surface area contributed by atoms with Crippen molar-refractivity contribution < 1.29 is 4.79 Å². The summed E-state index contributed by atoms with van der Waals surface area (Å²) in [6.07, 6.45) is 0. The average molecular weight is 352 g/mol.